The molecule has 0 bridgehead atoms. The topological polar surface area (TPSA) is 66.5 Å². The molecular weight excluding hydrogens is 288 g/mol. The molecule has 0 radical (unpaired) electrons. The molecule has 1 aliphatic heterocycles. The number of sulfonamides is 1. The van der Waals surface area contributed by atoms with Crippen LogP contribution in [0, 0.1) is 0 Å². The third-order valence-electron chi connectivity index (χ3n) is 3.57. The Kier molecular flexibility index (Phi) is 5.09. The normalized spacial score (nSPS) is 24.6. The minimum atomic E-state index is -3.33. The van der Waals surface area contributed by atoms with Crippen molar-refractivity contribution in [2.45, 2.75) is 50.6 Å². The minimum Gasteiger partial charge on any atom is -0.352 e. The number of hydrogen-bond acceptors (Lipinski definition) is 3. The number of rotatable bonds is 7. The molecule has 5 nitrogen and oxygen atoms in total. The maximum atomic E-state index is 12.2. The van der Waals surface area contributed by atoms with Crippen LogP contribution in [-0.4, -0.2) is 48.9 Å². The Hall–Kier alpha value is -0.330. The standard InChI is InChI=1S/C12H21ClN2O3S/c13-7-1-2-9-19(17,18)15-8-3-4-11(15)12(16)14-10-5-6-10/h10-11H,1-9H2,(H,14,16). The molecule has 2 aliphatic rings. The first-order valence-electron chi connectivity index (χ1n) is 6.90. The Morgan fingerprint density at radius 1 is 1.26 bits per heavy atom. The van der Waals surface area contributed by atoms with Gasteiger partial charge in [-0.05, 0) is 38.5 Å². The van der Waals surface area contributed by atoms with Crippen molar-refractivity contribution in [1.29, 1.82) is 0 Å². The Morgan fingerprint density at radius 2 is 2.00 bits per heavy atom. The summed E-state index contributed by atoms with van der Waals surface area (Å²) < 4.78 is 25.8. The molecule has 1 atom stereocenters. The molecule has 2 fully saturated rings. The molecule has 2 rings (SSSR count). The lowest BCUT2D eigenvalue weighted by Crippen LogP contribution is -2.47. The fourth-order valence-electron chi connectivity index (χ4n) is 2.36. The van der Waals surface area contributed by atoms with Gasteiger partial charge in [-0.25, -0.2) is 8.42 Å². The summed E-state index contributed by atoms with van der Waals surface area (Å²) in [5.41, 5.74) is 0. The molecule has 1 amide bonds. The number of carbonyl (C=O) groups is 1. The maximum absolute atomic E-state index is 12.2. The Labute approximate surface area is 119 Å². The van der Waals surface area contributed by atoms with Crippen molar-refractivity contribution in [3.63, 3.8) is 0 Å². The number of amides is 1. The smallest absolute Gasteiger partial charge is 0.238 e. The van der Waals surface area contributed by atoms with E-state index in [1.165, 1.54) is 4.31 Å². The van der Waals surface area contributed by atoms with E-state index in [1.54, 1.807) is 0 Å². The Balaban J connectivity index is 1.94. The van der Waals surface area contributed by atoms with Gasteiger partial charge in [0.1, 0.15) is 6.04 Å². The van der Waals surface area contributed by atoms with Crippen LogP contribution in [0.5, 0.6) is 0 Å². The van der Waals surface area contributed by atoms with Crippen LogP contribution in [-0.2, 0) is 14.8 Å². The first-order chi connectivity index (χ1) is 9.04. The minimum absolute atomic E-state index is 0.0902. The van der Waals surface area contributed by atoms with Crippen molar-refractivity contribution < 1.29 is 13.2 Å². The van der Waals surface area contributed by atoms with Crippen molar-refractivity contribution in [2.24, 2.45) is 0 Å². The van der Waals surface area contributed by atoms with Crippen molar-refractivity contribution in [3.8, 4) is 0 Å². The van der Waals surface area contributed by atoms with Gasteiger partial charge in [-0.2, -0.15) is 4.31 Å². The van der Waals surface area contributed by atoms with Gasteiger partial charge in [-0.15, -0.1) is 11.6 Å². The van der Waals surface area contributed by atoms with Gasteiger partial charge in [0.15, 0.2) is 0 Å². The molecule has 7 heteroatoms. The average molecular weight is 309 g/mol. The molecular formula is C12H21ClN2O3S. The second-order valence-corrected chi connectivity index (χ2v) is 7.68. The van der Waals surface area contributed by atoms with E-state index in [0.717, 1.165) is 19.3 Å². The average Bonchev–Trinajstić information content (AvgIpc) is 3.02. The van der Waals surface area contributed by atoms with E-state index < -0.39 is 16.1 Å². The number of hydrogen-bond donors (Lipinski definition) is 1. The molecule has 1 saturated heterocycles. The molecule has 0 aromatic rings. The summed E-state index contributed by atoms with van der Waals surface area (Å²) in [7, 11) is -3.33. The highest BCUT2D eigenvalue weighted by Gasteiger charge is 2.39. The van der Waals surface area contributed by atoms with Gasteiger partial charge >= 0.3 is 0 Å². The Morgan fingerprint density at radius 3 is 2.63 bits per heavy atom. The van der Waals surface area contributed by atoms with Crippen LogP contribution < -0.4 is 5.32 Å². The van der Waals surface area contributed by atoms with Crippen LogP contribution in [0.2, 0.25) is 0 Å². The van der Waals surface area contributed by atoms with Crippen LogP contribution in [0.1, 0.15) is 38.5 Å². The van der Waals surface area contributed by atoms with Gasteiger partial charge < -0.3 is 5.32 Å². The van der Waals surface area contributed by atoms with Crippen LogP contribution in [0.15, 0.2) is 0 Å². The van der Waals surface area contributed by atoms with E-state index in [4.69, 9.17) is 11.6 Å². The van der Waals surface area contributed by atoms with E-state index in [0.29, 0.717) is 31.7 Å². The summed E-state index contributed by atoms with van der Waals surface area (Å²) >= 11 is 5.56. The molecule has 0 aromatic carbocycles. The summed E-state index contributed by atoms with van der Waals surface area (Å²) in [5, 5.41) is 2.90. The van der Waals surface area contributed by atoms with E-state index in [1.807, 2.05) is 0 Å². The van der Waals surface area contributed by atoms with Crippen LogP contribution >= 0.6 is 11.6 Å². The molecule has 110 valence electrons. The van der Waals surface area contributed by atoms with Crippen molar-refractivity contribution in [1.82, 2.24) is 9.62 Å². The molecule has 0 aromatic heterocycles. The van der Waals surface area contributed by atoms with Gasteiger partial charge in [0.2, 0.25) is 15.9 Å². The lowest BCUT2D eigenvalue weighted by molar-refractivity contribution is -0.124. The highest BCUT2D eigenvalue weighted by atomic mass is 35.5. The fourth-order valence-corrected chi connectivity index (χ4v) is 4.34. The van der Waals surface area contributed by atoms with Gasteiger partial charge in [0.05, 0.1) is 5.75 Å². The molecule has 1 unspecified atom stereocenters. The number of nitrogens with zero attached hydrogens (tertiary/aromatic N) is 1. The van der Waals surface area contributed by atoms with E-state index in [2.05, 4.69) is 5.32 Å². The maximum Gasteiger partial charge on any atom is 0.238 e. The molecule has 1 heterocycles. The molecule has 1 saturated carbocycles. The van der Waals surface area contributed by atoms with Gasteiger partial charge in [0, 0.05) is 18.5 Å². The van der Waals surface area contributed by atoms with Gasteiger partial charge in [-0.3, -0.25) is 4.79 Å². The zero-order valence-electron chi connectivity index (χ0n) is 11.0. The van der Waals surface area contributed by atoms with E-state index in [9.17, 15) is 13.2 Å². The molecule has 1 N–H and O–H groups in total. The number of nitrogens with one attached hydrogen (secondary N) is 1. The Bertz CT molecular complexity index is 423. The highest BCUT2D eigenvalue weighted by molar-refractivity contribution is 7.89. The third-order valence-corrected chi connectivity index (χ3v) is 5.80. The van der Waals surface area contributed by atoms with Gasteiger partial charge in [0.25, 0.3) is 0 Å². The fraction of sp³-hybridized carbons (Fsp3) is 0.917. The third kappa shape index (κ3) is 4.07. The summed E-state index contributed by atoms with van der Waals surface area (Å²) in [6, 6.07) is -0.226. The first-order valence-corrected chi connectivity index (χ1v) is 9.05. The summed E-state index contributed by atoms with van der Waals surface area (Å²) in [6.45, 7) is 0.464. The van der Waals surface area contributed by atoms with Gasteiger partial charge in [-0.1, -0.05) is 0 Å². The number of carbonyl (C=O) groups excluding carboxylic acids is 1. The summed E-state index contributed by atoms with van der Waals surface area (Å²) in [5.74, 6) is 0.439. The van der Waals surface area contributed by atoms with E-state index in [-0.39, 0.29) is 17.7 Å². The van der Waals surface area contributed by atoms with E-state index >= 15 is 0 Å². The van der Waals surface area contributed by atoms with Crippen LogP contribution in [0.25, 0.3) is 0 Å². The lowest BCUT2D eigenvalue weighted by Gasteiger charge is -2.23. The molecule has 19 heavy (non-hydrogen) atoms. The van der Waals surface area contributed by atoms with Crippen molar-refractivity contribution in [2.75, 3.05) is 18.2 Å². The number of halogens is 1. The second-order valence-electron chi connectivity index (χ2n) is 5.26. The van der Waals surface area contributed by atoms with Crippen LogP contribution in [0.4, 0.5) is 0 Å². The largest absolute Gasteiger partial charge is 0.352 e. The summed E-state index contributed by atoms with van der Waals surface area (Å²) in [6.07, 6.45) is 4.67. The number of alkyl halides is 1. The quantitative estimate of drug-likeness (QED) is 0.565. The van der Waals surface area contributed by atoms with Crippen molar-refractivity contribution in [3.05, 3.63) is 0 Å². The summed E-state index contributed by atoms with van der Waals surface area (Å²) in [4.78, 5) is 12.0. The lowest BCUT2D eigenvalue weighted by atomic mass is 10.2. The highest BCUT2D eigenvalue weighted by Crippen LogP contribution is 2.24. The van der Waals surface area contributed by atoms with Crippen molar-refractivity contribution >= 4 is 27.5 Å². The SMILES string of the molecule is O=C(NC1CC1)C1CCCN1S(=O)(=O)CCCCCl. The van der Waals surface area contributed by atoms with Crippen LogP contribution in [0.3, 0.4) is 0 Å². The monoisotopic (exact) mass is 308 g/mol. The zero-order chi connectivity index (χ0) is 13.9. The number of unbranched alkanes of at least 4 members (excludes halogenated alkanes) is 1. The predicted octanol–water partition coefficient (Wildman–Crippen LogP) is 1.08. The molecule has 0 spiro atoms. The zero-order valence-corrected chi connectivity index (χ0v) is 12.5. The first kappa shape index (κ1) is 15.1. The predicted molar refractivity (Wildman–Crippen MR) is 74.6 cm³/mol. The molecule has 1 aliphatic carbocycles. The second kappa shape index (κ2) is 6.41.